The first kappa shape index (κ1) is 13.6. The predicted octanol–water partition coefficient (Wildman–Crippen LogP) is 3.52. The van der Waals surface area contributed by atoms with Crippen molar-refractivity contribution in [2.24, 2.45) is 0 Å². The third-order valence-electron chi connectivity index (χ3n) is 3.18. The first-order chi connectivity index (χ1) is 8.99. The van der Waals surface area contributed by atoms with Crippen LogP contribution in [0.1, 0.15) is 29.7 Å². The zero-order valence-corrected chi connectivity index (χ0v) is 11.9. The van der Waals surface area contributed by atoms with E-state index >= 15 is 0 Å². The van der Waals surface area contributed by atoms with E-state index in [1.54, 1.807) is 13.1 Å². The summed E-state index contributed by atoms with van der Waals surface area (Å²) >= 11 is 0. The van der Waals surface area contributed by atoms with E-state index in [0.717, 1.165) is 17.1 Å². The molecule has 1 N–H and O–H groups in total. The van der Waals surface area contributed by atoms with Gasteiger partial charge in [0.1, 0.15) is 5.82 Å². The predicted molar refractivity (Wildman–Crippen MR) is 78.8 cm³/mol. The van der Waals surface area contributed by atoms with Gasteiger partial charge in [-0.1, -0.05) is 12.1 Å². The van der Waals surface area contributed by atoms with Crippen molar-refractivity contribution in [3.8, 4) is 0 Å². The molecule has 0 radical (unpaired) electrons. The fraction of sp³-hybridized carbons (Fsp3) is 0.312. The highest BCUT2D eigenvalue weighted by atomic mass is 16.3. The minimum Gasteiger partial charge on any atom is -0.389 e. The summed E-state index contributed by atoms with van der Waals surface area (Å²) in [7, 11) is 1.97. The van der Waals surface area contributed by atoms with Crippen molar-refractivity contribution in [3.05, 3.63) is 53.2 Å². The van der Waals surface area contributed by atoms with E-state index in [2.05, 4.69) is 37.0 Å². The highest BCUT2D eigenvalue weighted by molar-refractivity contribution is 5.63. The Hall–Kier alpha value is -1.87. The summed E-state index contributed by atoms with van der Waals surface area (Å²) in [4.78, 5) is 6.42. The molecule has 100 valence electrons. The standard InChI is InChI=1S/C16H20N2O/c1-11-8-12(2)10-14(9-11)18(4)16-15(13(3)19)6-5-7-17-16/h5-10,13,19H,1-4H3. The molecule has 0 saturated carbocycles. The third-order valence-corrected chi connectivity index (χ3v) is 3.18. The van der Waals surface area contributed by atoms with Crippen LogP contribution in [0.3, 0.4) is 0 Å². The van der Waals surface area contributed by atoms with Gasteiger partial charge >= 0.3 is 0 Å². The Balaban J connectivity index is 2.46. The fourth-order valence-corrected chi connectivity index (χ4v) is 2.28. The molecule has 19 heavy (non-hydrogen) atoms. The molecule has 3 nitrogen and oxygen atoms in total. The summed E-state index contributed by atoms with van der Waals surface area (Å²) in [5.74, 6) is 0.794. The summed E-state index contributed by atoms with van der Waals surface area (Å²) in [6.45, 7) is 5.92. The number of nitrogens with zero attached hydrogens (tertiary/aromatic N) is 2. The lowest BCUT2D eigenvalue weighted by Crippen LogP contribution is -2.14. The Kier molecular flexibility index (Phi) is 3.86. The van der Waals surface area contributed by atoms with Gasteiger partial charge in [0.05, 0.1) is 6.10 Å². The van der Waals surface area contributed by atoms with Crippen molar-refractivity contribution in [1.82, 2.24) is 4.98 Å². The van der Waals surface area contributed by atoms with E-state index in [9.17, 15) is 5.11 Å². The molecule has 0 aliphatic rings. The molecule has 1 heterocycles. The van der Waals surface area contributed by atoms with Crippen molar-refractivity contribution < 1.29 is 5.11 Å². The van der Waals surface area contributed by atoms with Crippen LogP contribution in [0.2, 0.25) is 0 Å². The molecule has 3 heteroatoms. The summed E-state index contributed by atoms with van der Waals surface area (Å²) < 4.78 is 0. The van der Waals surface area contributed by atoms with E-state index in [0.29, 0.717) is 0 Å². The van der Waals surface area contributed by atoms with Crippen LogP contribution in [-0.4, -0.2) is 17.1 Å². The van der Waals surface area contributed by atoms with Crippen LogP contribution in [0.4, 0.5) is 11.5 Å². The smallest absolute Gasteiger partial charge is 0.138 e. The summed E-state index contributed by atoms with van der Waals surface area (Å²) in [5, 5.41) is 9.84. The zero-order valence-electron chi connectivity index (χ0n) is 11.9. The van der Waals surface area contributed by atoms with E-state index in [4.69, 9.17) is 0 Å². The molecule has 1 aromatic heterocycles. The van der Waals surface area contributed by atoms with Gasteiger partial charge in [-0.2, -0.15) is 0 Å². The Labute approximate surface area is 114 Å². The van der Waals surface area contributed by atoms with E-state index in [1.807, 2.05) is 24.1 Å². The van der Waals surface area contributed by atoms with Gasteiger partial charge in [0.15, 0.2) is 0 Å². The van der Waals surface area contributed by atoms with Crippen LogP contribution in [0, 0.1) is 13.8 Å². The molecule has 1 unspecified atom stereocenters. The molecule has 0 aliphatic heterocycles. The van der Waals surface area contributed by atoms with Crippen LogP contribution in [-0.2, 0) is 0 Å². The van der Waals surface area contributed by atoms with E-state index in [-0.39, 0.29) is 0 Å². The fourth-order valence-electron chi connectivity index (χ4n) is 2.28. The molecule has 1 aromatic carbocycles. The van der Waals surface area contributed by atoms with E-state index < -0.39 is 6.10 Å². The number of pyridine rings is 1. The lowest BCUT2D eigenvalue weighted by Gasteiger charge is -2.23. The number of rotatable bonds is 3. The van der Waals surface area contributed by atoms with Gasteiger partial charge < -0.3 is 10.0 Å². The second-order valence-electron chi connectivity index (χ2n) is 5.00. The lowest BCUT2D eigenvalue weighted by atomic mass is 10.1. The molecule has 1 atom stereocenters. The maximum absolute atomic E-state index is 9.84. The van der Waals surface area contributed by atoms with Crippen LogP contribution >= 0.6 is 0 Å². The first-order valence-corrected chi connectivity index (χ1v) is 6.44. The van der Waals surface area contributed by atoms with E-state index in [1.165, 1.54) is 11.1 Å². The summed E-state index contributed by atoms with van der Waals surface area (Å²) in [6, 6.07) is 10.1. The molecule has 0 saturated heterocycles. The third kappa shape index (κ3) is 2.93. The molecule has 0 spiro atoms. The molecule has 2 rings (SSSR count). The molecule has 2 aromatic rings. The average molecular weight is 256 g/mol. The topological polar surface area (TPSA) is 36.4 Å². The van der Waals surface area contributed by atoms with Gasteiger partial charge in [0.25, 0.3) is 0 Å². The summed E-state index contributed by atoms with van der Waals surface area (Å²) in [6.07, 6.45) is 1.22. The number of aromatic nitrogens is 1. The van der Waals surface area contributed by atoms with Gasteiger partial charge in [-0.3, -0.25) is 0 Å². The number of hydrogen-bond donors (Lipinski definition) is 1. The Bertz CT molecular complexity index is 558. The maximum atomic E-state index is 9.84. The van der Waals surface area contributed by atoms with Gasteiger partial charge in [0.2, 0.25) is 0 Å². The van der Waals surface area contributed by atoms with Gasteiger partial charge in [-0.05, 0) is 50.1 Å². The quantitative estimate of drug-likeness (QED) is 0.912. The van der Waals surface area contributed by atoms with Crippen molar-refractivity contribution in [1.29, 1.82) is 0 Å². The molecule has 0 aliphatic carbocycles. The maximum Gasteiger partial charge on any atom is 0.138 e. The molecular weight excluding hydrogens is 236 g/mol. The minimum absolute atomic E-state index is 0.531. The van der Waals surface area contributed by atoms with Gasteiger partial charge in [-0.15, -0.1) is 0 Å². The van der Waals surface area contributed by atoms with Crippen LogP contribution in [0.15, 0.2) is 36.5 Å². The molecule has 0 fully saturated rings. The normalized spacial score (nSPS) is 12.3. The van der Waals surface area contributed by atoms with Crippen molar-refractivity contribution in [2.45, 2.75) is 26.9 Å². The zero-order chi connectivity index (χ0) is 14.0. The highest BCUT2D eigenvalue weighted by Crippen LogP contribution is 2.29. The monoisotopic (exact) mass is 256 g/mol. The first-order valence-electron chi connectivity index (χ1n) is 6.44. The average Bonchev–Trinajstić information content (AvgIpc) is 2.36. The highest BCUT2D eigenvalue weighted by Gasteiger charge is 2.14. The molecular formula is C16H20N2O. The van der Waals surface area contributed by atoms with Crippen molar-refractivity contribution in [2.75, 3.05) is 11.9 Å². The number of aliphatic hydroxyl groups excluding tert-OH is 1. The van der Waals surface area contributed by atoms with Crippen LogP contribution in [0.5, 0.6) is 0 Å². The second kappa shape index (κ2) is 5.41. The number of benzene rings is 1. The molecule has 0 bridgehead atoms. The van der Waals surface area contributed by atoms with Crippen molar-refractivity contribution >= 4 is 11.5 Å². The molecule has 0 amide bonds. The van der Waals surface area contributed by atoms with Crippen LogP contribution < -0.4 is 4.90 Å². The minimum atomic E-state index is -0.531. The largest absolute Gasteiger partial charge is 0.389 e. The number of hydrogen-bond acceptors (Lipinski definition) is 3. The lowest BCUT2D eigenvalue weighted by molar-refractivity contribution is 0.199. The number of aliphatic hydroxyl groups is 1. The van der Waals surface area contributed by atoms with Crippen molar-refractivity contribution in [3.63, 3.8) is 0 Å². The van der Waals surface area contributed by atoms with Crippen LogP contribution in [0.25, 0.3) is 0 Å². The Morgan fingerprint density at radius 1 is 1.16 bits per heavy atom. The summed E-state index contributed by atoms with van der Waals surface area (Å²) in [5.41, 5.74) is 4.36. The van der Waals surface area contributed by atoms with Gasteiger partial charge in [0, 0.05) is 24.5 Å². The van der Waals surface area contributed by atoms with Gasteiger partial charge in [-0.25, -0.2) is 4.98 Å². The Morgan fingerprint density at radius 3 is 2.37 bits per heavy atom. The SMILES string of the molecule is Cc1cc(C)cc(N(C)c2ncccc2C(C)O)c1. The number of anilines is 2. The Morgan fingerprint density at radius 2 is 1.79 bits per heavy atom. The second-order valence-corrected chi connectivity index (χ2v) is 5.00. The number of aryl methyl sites for hydroxylation is 2.